The van der Waals surface area contributed by atoms with Crippen molar-refractivity contribution < 1.29 is 24.4 Å². The average molecular weight is 248 g/mol. The molecular weight excluding hydrogens is 224 g/mol. The van der Waals surface area contributed by atoms with E-state index in [1.54, 1.807) is 0 Å². The van der Waals surface area contributed by atoms with Gasteiger partial charge in [-0.1, -0.05) is 6.92 Å². The number of hydrogen-bond acceptors (Lipinski definition) is 5. The Kier molecular flexibility index (Phi) is 7.72. The van der Waals surface area contributed by atoms with Gasteiger partial charge in [0.25, 0.3) is 0 Å². The fourth-order valence-corrected chi connectivity index (χ4v) is 1.24. The molecule has 0 amide bonds. The quantitative estimate of drug-likeness (QED) is 0.600. The van der Waals surface area contributed by atoms with Crippen molar-refractivity contribution in [2.45, 2.75) is 32.0 Å². The highest BCUT2D eigenvalue weighted by Crippen LogP contribution is 2.12. The number of hydrogen-bond donors (Lipinski definition) is 2. The number of rotatable bonds is 8. The molecule has 2 heterocycles. The molecule has 2 fully saturated rings. The molecule has 2 unspecified atom stereocenters. The van der Waals surface area contributed by atoms with Gasteiger partial charge in [-0.05, 0) is 18.8 Å². The summed E-state index contributed by atoms with van der Waals surface area (Å²) in [6.45, 7) is 5.76. The number of aliphatic hydroxyl groups is 2. The summed E-state index contributed by atoms with van der Waals surface area (Å²) in [6, 6.07) is 0. The van der Waals surface area contributed by atoms with Gasteiger partial charge in [0, 0.05) is 13.2 Å². The van der Waals surface area contributed by atoms with Crippen LogP contribution in [0.2, 0.25) is 0 Å². The van der Waals surface area contributed by atoms with Crippen LogP contribution in [-0.4, -0.2) is 62.1 Å². The van der Waals surface area contributed by atoms with Gasteiger partial charge in [0.15, 0.2) is 0 Å². The Hall–Kier alpha value is -0.200. The lowest BCUT2D eigenvalue weighted by Crippen LogP contribution is -2.06. The van der Waals surface area contributed by atoms with Crippen LogP contribution in [0.5, 0.6) is 0 Å². The van der Waals surface area contributed by atoms with Gasteiger partial charge in [0.05, 0.1) is 26.4 Å². The first-order chi connectivity index (χ1) is 8.26. The SMILES string of the molecule is C(OCC1CO1)C1CO1.CC(CCO)CCO. The highest BCUT2D eigenvalue weighted by molar-refractivity contribution is 4.71. The Labute approximate surface area is 103 Å². The average Bonchev–Trinajstić information content (AvgIpc) is 3.14. The van der Waals surface area contributed by atoms with Crippen LogP contribution < -0.4 is 0 Å². The maximum atomic E-state index is 8.38. The Balaban J connectivity index is 0.000000172. The summed E-state index contributed by atoms with van der Waals surface area (Å²) in [4.78, 5) is 0. The largest absolute Gasteiger partial charge is 0.396 e. The van der Waals surface area contributed by atoms with E-state index < -0.39 is 0 Å². The lowest BCUT2D eigenvalue weighted by molar-refractivity contribution is 0.102. The molecule has 5 nitrogen and oxygen atoms in total. The van der Waals surface area contributed by atoms with Crippen molar-refractivity contribution >= 4 is 0 Å². The van der Waals surface area contributed by atoms with Gasteiger partial charge < -0.3 is 24.4 Å². The summed E-state index contributed by atoms with van der Waals surface area (Å²) in [5, 5.41) is 16.8. The number of aliphatic hydroxyl groups excluding tert-OH is 2. The molecule has 0 aromatic rings. The van der Waals surface area contributed by atoms with Crippen LogP contribution in [0.1, 0.15) is 19.8 Å². The van der Waals surface area contributed by atoms with Crippen molar-refractivity contribution in [1.82, 2.24) is 0 Å². The zero-order valence-electron chi connectivity index (χ0n) is 10.5. The van der Waals surface area contributed by atoms with Crippen LogP contribution in [0.25, 0.3) is 0 Å². The minimum atomic E-state index is 0.237. The predicted octanol–water partition coefficient (Wildman–Crippen LogP) is 0.188. The molecule has 2 atom stereocenters. The van der Waals surface area contributed by atoms with Crippen molar-refractivity contribution in [2.24, 2.45) is 5.92 Å². The van der Waals surface area contributed by atoms with Crippen molar-refractivity contribution in [3.05, 3.63) is 0 Å². The van der Waals surface area contributed by atoms with Crippen LogP contribution in [0.3, 0.4) is 0 Å². The molecule has 102 valence electrons. The third kappa shape index (κ3) is 9.50. The molecule has 5 heteroatoms. The topological polar surface area (TPSA) is 74.8 Å². The zero-order chi connectivity index (χ0) is 12.5. The van der Waals surface area contributed by atoms with Gasteiger partial charge in [-0.2, -0.15) is 0 Å². The van der Waals surface area contributed by atoms with E-state index in [1.165, 1.54) is 0 Å². The van der Waals surface area contributed by atoms with Gasteiger partial charge in [-0.15, -0.1) is 0 Å². The van der Waals surface area contributed by atoms with Gasteiger partial charge in [0.1, 0.15) is 12.2 Å². The van der Waals surface area contributed by atoms with E-state index in [9.17, 15) is 0 Å². The highest BCUT2D eigenvalue weighted by Gasteiger charge is 2.26. The number of ether oxygens (including phenoxy) is 3. The summed E-state index contributed by atoms with van der Waals surface area (Å²) >= 11 is 0. The molecule has 0 aliphatic carbocycles. The summed E-state index contributed by atoms with van der Waals surface area (Å²) in [5.41, 5.74) is 0. The van der Waals surface area contributed by atoms with Gasteiger partial charge in [-0.25, -0.2) is 0 Å². The van der Waals surface area contributed by atoms with E-state index in [0.29, 0.717) is 18.1 Å². The van der Waals surface area contributed by atoms with Crippen molar-refractivity contribution in [1.29, 1.82) is 0 Å². The van der Waals surface area contributed by atoms with E-state index in [-0.39, 0.29) is 13.2 Å². The molecule has 2 N–H and O–H groups in total. The number of epoxide rings is 2. The summed E-state index contributed by atoms with van der Waals surface area (Å²) in [6.07, 6.45) is 2.40. The van der Waals surface area contributed by atoms with E-state index in [2.05, 4.69) is 0 Å². The lowest BCUT2D eigenvalue weighted by atomic mass is 10.1. The fraction of sp³-hybridized carbons (Fsp3) is 1.00. The predicted molar refractivity (Wildman–Crippen MR) is 62.9 cm³/mol. The molecule has 0 aromatic heterocycles. The van der Waals surface area contributed by atoms with E-state index in [1.807, 2.05) is 6.92 Å². The minimum absolute atomic E-state index is 0.237. The van der Waals surface area contributed by atoms with E-state index in [4.69, 9.17) is 24.4 Å². The first-order valence-corrected chi connectivity index (χ1v) is 6.29. The molecule has 2 rings (SSSR count). The van der Waals surface area contributed by atoms with Gasteiger partial charge in [0.2, 0.25) is 0 Å². The molecule has 0 spiro atoms. The highest BCUT2D eigenvalue weighted by atomic mass is 16.6. The maximum absolute atomic E-state index is 8.38. The van der Waals surface area contributed by atoms with Crippen LogP contribution >= 0.6 is 0 Å². The summed E-state index contributed by atoms with van der Waals surface area (Å²) in [5.74, 6) is 0.463. The summed E-state index contributed by atoms with van der Waals surface area (Å²) in [7, 11) is 0. The van der Waals surface area contributed by atoms with Gasteiger partial charge in [-0.3, -0.25) is 0 Å². The maximum Gasteiger partial charge on any atom is 0.104 e. The van der Waals surface area contributed by atoms with Crippen molar-refractivity contribution in [3.8, 4) is 0 Å². The van der Waals surface area contributed by atoms with Crippen LogP contribution in [0.15, 0.2) is 0 Å². The fourth-order valence-electron chi connectivity index (χ4n) is 1.24. The normalized spacial score (nSPS) is 25.4. The molecule has 0 bridgehead atoms. The monoisotopic (exact) mass is 248 g/mol. The van der Waals surface area contributed by atoms with Crippen molar-refractivity contribution in [3.63, 3.8) is 0 Å². The Morgan fingerprint density at radius 3 is 1.76 bits per heavy atom. The molecular formula is C12H24O5. The van der Waals surface area contributed by atoms with E-state index >= 15 is 0 Å². The molecule has 0 radical (unpaired) electrons. The van der Waals surface area contributed by atoms with Crippen molar-refractivity contribution in [2.75, 3.05) is 39.6 Å². The van der Waals surface area contributed by atoms with Crippen LogP contribution in [0, 0.1) is 5.92 Å². The van der Waals surface area contributed by atoms with E-state index in [0.717, 1.165) is 39.3 Å². The second-order valence-electron chi connectivity index (χ2n) is 4.58. The first-order valence-electron chi connectivity index (χ1n) is 6.29. The Bertz CT molecular complexity index is 162. The molecule has 0 aromatic carbocycles. The first kappa shape index (κ1) is 14.9. The summed E-state index contributed by atoms with van der Waals surface area (Å²) < 4.78 is 15.1. The third-order valence-electron chi connectivity index (χ3n) is 2.66. The minimum Gasteiger partial charge on any atom is -0.396 e. The molecule has 17 heavy (non-hydrogen) atoms. The Morgan fingerprint density at radius 2 is 1.47 bits per heavy atom. The molecule has 2 aliphatic heterocycles. The van der Waals surface area contributed by atoms with Crippen LogP contribution in [-0.2, 0) is 14.2 Å². The van der Waals surface area contributed by atoms with Crippen LogP contribution in [0.4, 0.5) is 0 Å². The molecule has 0 saturated carbocycles. The molecule has 2 saturated heterocycles. The standard InChI is InChI=1S/C6H10O3.C6H14O2/c1(5-3-8-5)7-2-6-4-9-6;1-6(2-4-7)3-5-8/h5-6H,1-4H2;6-8H,2-5H2,1H3. The second kappa shape index (κ2) is 8.83. The lowest BCUT2D eigenvalue weighted by Gasteiger charge is -2.04. The molecule has 2 aliphatic rings. The third-order valence-corrected chi connectivity index (χ3v) is 2.66. The second-order valence-corrected chi connectivity index (χ2v) is 4.58. The Morgan fingerprint density at radius 1 is 1.06 bits per heavy atom. The smallest absolute Gasteiger partial charge is 0.104 e. The van der Waals surface area contributed by atoms with Gasteiger partial charge >= 0.3 is 0 Å². The zero-order valence-corrected chi connectivity index (χ0v) is 10.5.